The highest BCUT2D eigenvalue weighted by atomic mass is 32.1. The van der Waals surface area contributed by atoms with Gasteiger partial charge in [0, 0.05) is 18.4 Å². The third-order valence-corrected chi connectivity index (χ3v) is 3.19. The van der Waals surface area contributed by atoms with E-state index in [-0.39, 0.29) is 6.04 Å². The average molecular weight is 221 g/mol. The van der Waals surface area contributed by atoms with Gasteiger partial charge in [0.2, 0.25) is 0 Å². The highest BCUT2D eigenvalue weighted by molar-refractivity contribution is 7.10. The second kappa shape index (κ2) is 3.23. The van der Waals surface area contributed by atoms with Crippen molar-refractivity contribution in [3.63, 3.8) is 0 Å². The maximum atomic E-state index is 8.14. The fourth-order valence-electron chi connectivity index (χ4n) is 1.60. The Morgan fingerprint density at radius 2 is 2.60 bits per heavy atom. The van der Waals surface area contributed by atoms with Crippen LogP contribution in [0.4, 0.5) is 5.95 Å². The topological polar surface area (TPSA) is 56.0 Å². The Kier molecular flexibility index (Phi) is 1.66. The number of rotatable bonds is 1. The van der Waals surface area contributed by atoms with Crippen molar-refractivity contribution in [2.75, 3.05) is 0 Å². The molecule has 3 rings (SSSR count). The molecule has 0 N–H and O–H groups in total. The van der Waals surface area contributed by atoms with E-state index in [1.165, 1.54) is 0 Å². The minimum atomic E-state index is -0.422. The molecule has 2 unspecified atom stereocenters. The number of thiophene rings is 1. The molecule has 15 heavy (non-hydrogen) atoms. The molecule has 5 nitrogen and oxygen atoms in total. The van der Waals surface area contributed by atoms with Gasteiger partial charge < -0.3 is 0 Å². The summed E-state index contributed by atoms with van der Waals surface area (Å²) < 4.78 is 9.76. The van der Waals surface area contributed by atoms with Crippen LogP contribution < -0.4 is 0 Å². The van der Waals surface area contributed by atoms with Gasteiger partial charge in [0.1, 0.15) is 0 Å². The van der Waals surface area contributed by atoms with E-state index in [1.807, 2.05) is 24.4 Å². The van der Waals surface area contributed by atoms with Crippen molar-refractivity contribution in [3.05, 3.63) is 22.4 Å². The molecule has 0 radical (unpaired) electrons. The highest BCUT2D eigenvalue weighted by Crippen LogP contribution is 2.31. The molecule has 76 valence electrons. The van der Waals surface area contributed by atoms with Crippen LogP contribution in [-0.2, 0) is 0 Å². The van der Waals surface area contributed by atoms with Crippen molar-refractivity contribution in [2.45, 2.75) is 19.4 Å². The summed E-state index contributed by atoms with van der Waals surface area (Å²) in [6.07, 6.45) is -0.422. The molecule has 1 aliphatic heterocycles. The average Bonchev–Trinajstić information content (AvgIpc) is 2.89. The van der Waals surface area contributed by atoms with Gasteiger partial charge in [-0.25, -0.2) is 9.67 Å². The highest BCUT2D eigenvalue weighted by Gasteiger charge is 2.24. The number of hydrogen-bond acceptors (Lipinski definition) is 5. The maximum absolute atomic E-state index is 8.14. The van der Waals surface area contributed by atoms with E-state index in [0.717, 1.165) is 10.6 Å². The van der Waals surface area contributed by atoms with E-state index in [9.17, 15) is 0 Å². The normalized spacial score (nSPS) is 25.7. The number of aliphatic imine (C=N–C) groups is 1. The van der Waals surface area contributed by atoms with Crippen molar-refractivity contribution >= 4 is 23.0 Å². The summed E-state index contributed by atoms with van der Waals surface area (Å²) in [5.74, 6) is 0.486. The Morgan fingerprint density at radius 3 is 3.40 bits per heavy atom. The van der Waals surface area contributed by atoms with E-state index in [2.05, 4.69) is 20.5 Å². The van der Waals surface area contributed by atoms with Crippen LogP contribution >= 0.6 is 11.3 Å². The van der Waals surface area contributed by atoms with Gasteiger partial charge in [0.25, 0.3) is 5.95 Å². The van der Waals surface area contributed by atoms with Crippen LogP contribution in [0.15, 0.2) is 22.5 Å². The summed E-state index contributed by atoms with van der Waals surface area (Å²) in [6.45, 7) is 1.84. The lowest BCUT2D eigenvalue weighted by atomic mass is 10.1. The van der Waals surface area contributed by atoms with E-state index in [1.54, 1.807) is 16.0 Å². The fourth-order valence-corrected chi connectivity index (χ4v) is 2.38. The molecule has 0 fully saturated rings. The molecule has 2 atom stereocenters. The van der Waals surface area contributed by atoms with E-state index < -0.39 is 6.40 Å². The Balaban J connectivity index is 2.15. The molecular weight excluding hydrogens is 210 g/mol. The molecule has 6 heteroatoms. The van der Waals surface area contributed by atoms with Crippen molar-refractivity contribution in [1.82, 2.24) is 20.2 Å². The SMILES string of the molecule is [3H]C1C(C)=Nc2nnnn2C1c1cccs1. The summed E-state index contributed by atoms with van der Waals surface area (Å²) >= 11 is 1.61. The Morgan fingerprint density at radius 1 is 1.67 bits per heavy atom. The van der Waals surface area contributed by atoms with Crippen LogP contribution in [0.3, 0.4) is 0 Å². The van der Waals surface area contributed by atoms with Gasteiger partial charge in [-0.3, -0.25) is 0 Å². The lowest BCUT2D eigenvalue weighted by Gasteiger charge is -2.19. The zero-order valence-electron chi connectivity index (χ0n) is 9.03. The molecule has 2 aromatic heterocycles. The molecule has 0 saturated carbocycles. The lowest BCUT2D eigenvalue weighted by Crippen LogP contribution is -2.18. The zero-order valence-corrected chi connectivity index (χ0v) is 8.85. The summed E-state index contributed by atoms with van der Waals surface area (Å²) in [6, 6.07) is 3.82. The molecule has 0 amide bonds. The summed E-state index contributed by atoms with van der Waals surface area (Å²) in [7, 11) is 0. The molecule has 3 heterocycles. The molecule has 2 aromatic rings. The van der Waals surface area contributed by atoms with Crippen LogP contribution in [0.25, 0.3) is 0 Å². The quantitative estimate of drug-likeness (QED) is 0.738. The number of nitrogens with zero attached hydrogens (tertiary/aromatic N) is 5. The summed E-state index contributed by atoms with van der Waals surface area (Å²) in [4.78, 5) is 5.29. The van der Waals surface area contributed by atoms with Gasteiger partial charge in [-0.15, -0.1) is 11.3 Å². The Hall–Kier alpha value is -1.56. The fraction of sp³-hybridized carbons (Fsp3) is 0.333. The van der Waals surface area contributed by atoms with Crippen molar-refractivity contribution in [2.24, 2.45) is 4.99 Å². The third kappa shape index (κ3) is 1.37. The van der Waals surface area contributed by atoms with Gasteiger partial charge in [-0.05, 0) is 28.8 Å². The van der Waals surface area contributed by atoms with Crippen LogP contribution in [0.1, 0.15) is 25.6 Å². The van der Waals surface area contributed by atoms with Crippen LogP contribution in [-0.4, -0.2) is 25.9 Å². The van der Waals surface area contributed by atoms with Gasteiger partial charge in [-0.2, -0.15) is 0 Å². The molecule has 0 saturated heterocycles. The molecule has 0 spiro atoms. The van der Waals surface area contributed by atoms with Gasteiger partial charge in [-0.1, -0.05) is 11.2 Å². The third-order valence-electron chi connectivity index (χ3n) is 2.25. The molecule has 0 aromatic carbocycles. The second-order valence-corrected chi connectivity index (χ2v) is 4.28. The number of hydrogen-bond donors (Lipinski definition) is 0. The predicted molar refractivity (Wildman–Crippen MR) is 57.7 cm³/mol. The first-order valence-electron chi connectivity index (χ1n) is 5.14. The standard InChI is InChI=1S/C9H9N5S/c1-6-5-7(8-3-2-4-15-8)14-9(10-6)11-12-13-14/h2-4,7H,5H2,1H3/i5T. The monoisotopic (exact) mass is 221 g/mol. The lowest BCUT2D eigenvalue weighted by molar-refractivity contribution is 0.521. The molecule has 1 aliphatic rings. The molecule has 0 bridgehead atoms. The van der Waals surface area contributed by atoms with Crippen LogP contribution in [0.5, 0.6) is 0 Å². The molecule has 0 aliphatic carbocycles. The Labute approximate surface area is 91.9 Å². The van der Waals surface area contributed by atoms with Gasteiger partial charge in [0.05, 0.1) is 6.04 Å². The zero-order chi connectivity index (χ0) is 11.1. The van der Waals surface area contributed by atoms with Crippen molar-refractivity contribution in [1.29, 1.82) is 0 Å². The predicted octanol–water partition coefficient (Wildman–Crippen LogP) is 1.82. The van der Waals surface area contributed by atoms with E-state index >= 15 is 0 Å². The van der Waals surface area contributed by atoms with Gasteiger partial charge in [0.15, 0.2) is 0 Å². The van der Waals surface area contributed by atoms with Crippen LogP contribution in [0.2, 0.25) is 0 Å². The smallest absolute Gasteiger partial charge is 0.220 e. The first-order valence-corrected chi connectivity index (χ1v) is 5.44. The Bertz CT molecular complexity index is 532. The van der Waals surface area contributed by atoms with Crippen LogP contribution in [0, 0.1) is 0 Å². The minimum absolute atomic E-state index is 0.150. The number of aromatic nitrogens is 4. The number of fused-ring (bicyclic) bond motifs is 1. The minimum Gasteiger partial charge on any atom is -0.220 e. The second-order valence-electron chi connectivity index (χ2n) is 3.30. The first kappa shape index (κ1) is 7.70. The maximum Gasteiger partial charge on any atom is 0.269 e. The van der Waals surface area contributed by atoms with E-state index in [4.69, 9.17) is 1.37 Å². The largest absolute Gasteiger partial charge is 0.269 e. The first-order chi connectivity index (χ1) is 7.77. The summed E-state index contributed by atoms with van der Waals surface area (Å²) in [5.41, 5.74) is 0.751. The van der Waals surface area contributed by atoms with Crippen molar-refractivity contribution < 1.29 is 1.37 Å². The van der Waals surface area contributed by atoms with Gasteiger partial charge >= 0.3 is 0 Å². The van der Waals surface area contributed by atoms with Crippen molar-refractivity contribution in [3.8, 4) is 0 Å². The number of tetrazole rings is 1. The van der Waals surface area contributed by atoms with E-state index in [0.29, 0.717) is 5.95 Å². The summed E-state index contributed by atoms with van der Waals surface area (Å²) in [5, 5.41) is 13.4. The molecular formula is C9H9N5S.